The van der Waals surface area contributed by atoms with Gasteiger partial charge >= 0.3 is 0 Å². The molecule has 2 aromatic rings. The number of thiophene rings is 1. The van der Waals surface area contributed by atoms with Crippen molar-refractivity contribution in [3.63, 3.8) is 0 Å². The van der Waals surface area contributed by atoms with Gasteiger partial charge in [-0.1, -0.05) is 30.3 Å². The fourth-order valence-electron chi connectivity index (χ4n) is 3.76. The summed E-state index contributed by atoms with van der Waals surface area (Å²) in [6.07, 6.45) is 1.50. The largest absolute Gasteiger partial charge is 0.368 e. The molecule has 0 radical (unpaired) electrons. The predicted molar refractivity (Wildman–Crippen MR) is 116 cm³/mol. The highest BCUT2D eigenvalue weighted by Gasteiger charge is 2.37. The third-order valence-electron chi connectivity index (χ3n) is 5.33. The van der Waals surface area contributed by atoms with Crippen LogP contribution in [0.3, 0.4) is 0 Å². The first kappa shape index (κ1) is 22.9. The van der Waals surface area contributed by atoms with Crippen molar-refractivity contribution in [1.82, 2.24) is 10.2 Å². The van der Waals surface area contributed by atoms with Crippen LogP contribution >= 0.6 is 23.7 Å². The van der Waals surface area contributed by atoms with E-state index in [0.29, 0.717) is 24.4 Å². The van der Waals surface area contributed by atoms with Crippen LogP contribution in [0.15, 0.2) is 42.5 Å². The number of benzene rings is 1. The standard InChI is InChI=1S/C21H24N4O2S.ClH/c1-14(21(27)24-13-18-8-7-17(12-22)28-18)25-10-9-16(11-19(25)20(23)26)15-5-3-2-4-6-15;/h2-8,14,16,19H,9-11,13H2,1H3,(H2,23,26)(H,24,27);1H/t14-,16?,19?;/m0./s1. The van der Waals surface area contributed by atoms with Crippen molar-refractivity contribution in [2.75, 3.05) is 6.54 Å². The van der Waals surface area contributed by atoms with Crippen molar-refractivity contribution >= 4 is 35.6 Å². The average molecular weight is 433 g/mol. The van der Waals surface area contributed by atoms with Crippen LogP contribution in [0.1, 0.15) is 41.0 Å². The van der Waals surface area contributed by atoms with Crippen molar-refractivity contribution in [3.8, 4) is 6.07 Å². The quantitative estimate of drug-likeness (QED) is 0.733. The molecule has 6 nitrogen and oxygen atoms in total. The number of halogens is 1. The van der Waals surface area contributed by atoms with E-state index in [-0.39, 0.29) is 24.2 Å². The average Bonchev–Trinajstić information content (AvgIpc) is 3.19. The molecule has 1 saturated heterocycles. The lowest BCUT2D eigenvalue weighted by Crippen LogP contribution is -2.56. The van der Waals surface area contributed by atoms with Crippen molar-refractivity contribution in [2.45, 2.75) is 44.3 Å². The Kier molecular flexibility index (Phi) is 8.21. The summed E-state index contributed by atoms with van der Waals surface area (Å²) in [6.45, 7) is 2.82. The monoisotopic (exact) mass is 432 g/mol. The Balaban J connectivity index is 0.00000300. The number of hydrogen-bond donors (Lipinski definition) is 2. The Hall–Kier alpha value is -2.40. The summed E-state index contributed by atoms with van der Waals surface area (Å²) in [5, 5.41) is 11.8. The SMILES string of the molecule is C[C@@H](C(=O)NCc1ccc(C#N)s1)N1CCC(c2ccccc2)CC1C(N)=O.Cl. The number of nitrogens with two attached hydrogens (primary N) is 1. The van der Waals surface area contributed by atoms with Crippen LogP contribution in [0.4, 0.5) is 0 Å². The summed E-state index contributed by atoms with van der Waals surface area (Å²) in [7, 11) is 0. The summed E-state index contributed by atoms with van der Waals surface area (Å²) in [4.78, 5) is 28.2. The smallest absolute Gasteiger partial charge is 0.237 e. The Morgan fingerprint density at radius 1 is 1.31 bits per heavy atom. The third kappa shape index (κ3) is 5.57. The third-order valence-corrected chi connectivity index (χ3v) is 6.32. The Morgan fingerprint density at radius 2 is 2.03 bits per heavy atom. The molecule has 154 valence electrons. The first-order valence-corrected chi connectivity index (χ1v) is 10.2. The van der Waals surface area contributed by atoms with Crippen LogP contribution < -0.4 is 11.1 Å². The number of hydrogen-bond acceptors (Lipinski definition) is 5. The molecule has 2 heterocycles. The van der Waals surface area contributed by atoms with E-state index in [0.717, 1.165) is 11.3 Å². The van der Waals surface area contributed by atoms with Gasteiger partial charge in [0.25, 0.3) is 0 Å². The van der Waals surface area contributed by atoms with Crippen LogP contribution in [0.5, 0.6) is 0 Å². The molecule has 1 aromatic heterocycles. The van der Waals surface area contributed by atoms with Crippen LogP contribution in [0.25, 0.3) is 0 Å². The molecular weight excluding hydrogens is 408 g/mol. The van der Waals surface area contributed by atoms with E-state index in [4.69, 9.17) is 11.0 Å². The van der Waals surface area contributed by atoms with Gasteiger partial charge in [0, 0.05) is 11.4 Å². The van der Waals surface area contributed by atoms with Gasteiger partial charge in [-0.15, -0.1) is 23.7 Å². The van der Waals surface area contributed by atoms with E-state index in [1.165, 1.54) is 16.9 Å². The van der Waals surface area contributed by atoms with E-state index in [1.54, 1.807) is 6.07 Å². The summed E-state index contributed by atoms with van der Waals surface area (Å²) in [5.41, 5.74) is 6.88. The summed E-state index contributed by atoms with van der Waals surface area (Å²) in [5.74, 6) is -0.269. The van der Waals surface area contributed by atoms with Gasteiger partial charge in [0.1, 0.15) is 10.9 Å². The number of nitrogens with zero attached hydrogens (tertiary/aromatic N) is 2. The number of amides is 2. The number of carbonyl (C=O) groups is 2. The highest BCUT2D eigenvalue weighted by Crippen LogP contribution is 2.32. The van der Waals surface area contributed by atoms with E-state index >= 15 is 0 Å². The minimum absolute atomic E-state index is 0. The second-order valence-electron chi connectivity index (χ2n) is 7.06. The molecule has 8 heteroatoms. The van der Waals surface area contributed by atoms with Crippen molar-refractivity contribution < 1.29 is 9.59 Å². The minimum Gasteiger partial charge on any atom is -0.368 e. The summed E-state index contributed by atoms with van der Waals surface area (Å²) in [6, 6.07) is 14.9. The topological polar surface area (TPSA) is 99.2 Å². The highest BCUT2D eigenvalue weighted by molar-refractivity contribution is 7.12. The lowest BCUT2D eigenvalue weighted by molar-refractivity contribution is -0.132. The molecule has 3 rings (SSSR count). The second-order valence-corrected chi connectivity index (χ2v) is 8.23. The molecule has 0 bridgehead atoms. The van der Waals surface area contributed by atoms with Crippen LogP contribution in [-0.2, 0) is 16.1 Å². The van der Waals surface area contributed by atoms with Gasteiger partial charge in [-0.25, -0.2) is 0 Å². The molecule has 0 saturated carbocycles. The molecule has 2 amide bonds. The molecule has 29 heavy (non-hydrogen) atoms. The maximum Gasteiger partial charge on any atom is 0.237 e. The summed E-state index contributed by atoms with van der Waals surface area (Å²) >= 11 is 1.36. The van der Waals surface area contributed by atoms with Gasteiger partial charge in [-0.05, 0) is 43.4 Å². The number of nitrogens with one attached hydrogen (secondary N) is 1. The zero-order valence-electron chi connectivity index (χ0n) is 16.2. The fourth-order valence-corrected chi connectivity index (χ4v) is 4.50. The zero-order valence-corrected chi connectivity index (χ0v) is 17.8. The summed E-state index contributed by atoms with van der Waals surface area (Å²) < 4.78 is 0. The molecule has 1 fully saturated rings. The van der Waals surface area contributed by atoms with Gasteiger partial charge in [0.15, 0.2) is 0 Å². The number of rotatable bonds is 6. The van der Waals surface area contributed by atoms with E-state index in [2.05, 4.69) is 23.5 Å². The lowest BCUT2D eigenvalue weighted by Gasteiger charge is -2.40. The number of carbonyl (C=O) groups excluding carboxylic acids is 2. The maximum atomic E-state index is 12.6. The molecule has 3 N–H and O–H groups in total. The van der Waals surface area contributed by atoms with E-state index in [1.807, 2.05) is 36.1 Å². The maximum absolute atomic E-state index is 12.6. The molecule has 0 aliphatic carbocycles. The normalized spacial score (nSPS) is 20.1. The highest BCUT2D eigenvalue weighted by atomic mass is 35.5. The van der Waals surface area contributed by atoms with Gasteiger partial charge in [-0.3, -0.25) is 14.5 Å². The van der Waals surface area contributed by atoms with Crippen molar-refractivity contribution in [3.05, 3.63) is 57.8 Å². The molecule has 1 aliphatic heterocycles. The number of piperidine rings is 1. The van der Waals surface area contributed by atoms with Crippen LogP contribution in [0.2, 0.25) is 0 Å². The van der Waals surface area contributed by atoms with Gasteiger partial charge in [0.2, 0.25) is 11.8 Å². The zero-order chi connectivity index (χ0) is 20.1. The second kappa shape index (κ2) is 10.4. The lowest BCUT2D eigenvalue weighted by atomic mass is 9.84. The number of likely N-dealkylation sites (tertiary alicyclic amines) is 1. The minimum atomic E-state index is -0.466. The molecule has 2 unspecified atom stereocenters. The van der Waals surface area contributed by atoms with Gasteiger partial charge < -0.3 is 11.1 Å². The fraction of sp³-hybridized carbons (Fsp3) is 0.381. The van der Waals surface area contributed by atoms with Gasteiger partial charge in [0.05, 0.1) is 18.6 Å². The first-order chi connectivity index (χ1) is 13.5. The van der Waals surface area contributed by atoms with E-state index in [9.17, 15) is 9.59 Å². The number of nitriles is 1. The van der Waals surface area contributed by atoms with Crippen LogP contribution in [0, 0.1) is 11.3 Å². The first-order valence-electron chi connectivity index (χ1n) is 9.36. The van der Waals surface area contributed by atoms with E-state index < -0.39 is 18.0 Å². The van der Waals surface area contributed by atoms with Crippen molar-refractivity contribution in [1.29, 1.82) is 5.26 Å². The Morgan fingerprint density at radius 3 is 2.66 bits per heavy atom. The molecule has 3 atom stereocenters. The Labute approximate surface area is 181 Å². The molecule has 1 aliphatic rings. The number of primary amides is 1. The predicted octanol–water partition coefficient (Wildman–Crippen LogP) is 2.78. The Bertz CT molecular complexity index is 880. The van der Waals surface area contributed by atoms with Crippen molar-refractivity contribution in [2.24, 2.45) is 5.73 Å². The van der Waals surface area contributed by atoms with Crippen LogP contribution in [-0.4, -0.2) is 35.3 Å². The van der Waals surface area contributed by atoms with Gasteiger partial charge in [-0.2, -0.15) is 5.26 Å². The molecular formula is C21H25ClN4O2S. The molecule has 1 aromatic carbocycles. The molecule has 0 spiro atoms.